The van der Waals surface area contributed by atoms with E-state index in [1.54, 1.807) is 24.4 Å². The van der Waals surface area contributed by atoms with Gasteiger partial charge in [0, 0.05) is 18.0 Å². The van der Waals surface area contributed by atoms with Crippen molar-refractivity contribution in [1.29, 1.82) is 0 Å². The third kappa shape index (κ3) is 3.90. The van der Waals surface area contributed by atoms with Crippen molar-refractivity contribution < 1.29 is 9.53 Å². The number of pyridine rings is 1. The predicted octanol–water partition coefficient (Wildman–Crippen LogP) is 3.55. The Balaban J connectivity index is 1.75. The molecule has 0 amide bonds. The highest BCUT2D eigenvalue weighted by molar-refractivity contribution is 6.28. The number of ether oxygens (including phenoxy) is 1. The van der Waals surface area contributed by atoms with Gasteiger partial charge in [-0.25, -0.2) is 19.7 Å². The maximum Gasteiger partial charge on any atom is 0.357 e. The van der Waals surface area contributed by atoms with E-state index in [1.807, 2.05) is 30.3 Å². The second-order valence-corrected chi connectivity index (χ2v) is 5.04. The van der Waals surface area contributed by atoms with E-state index in [2.05, 4.69) is 15.0 Å². The highest BCUT2D eigenvalue weighted by Crippen LogP contribution is 2.18. The number of hydrogen-bond donors (Lipinski definition) is 0. The van der Waals surface area contributed by atoms with Crippen molar-refractivity contribution >= 4 is 17.6 Å². The van der Waals surface area contributed by atoms with Crippen molar-refractivity contribution in [3.63, 3.8) is 0 Å². The molecule has 0 aliphatic rings. The van der Waals surface area contributed by atoms with Crippen LogP contribution in [0.3, 0.4) is 0 Å². The van der Waals surface area contributed by atoms with E-state index < -0.39 is 5.97 Å². The normalized spacial score (nSPS) is 10.3. The summed E-state index contributed by atoms with van der Waals surface area (Å²) in [5.74, 6) is -0.490. The van der Waals surface area contributed by atoms with Gasteiger partial charge < -0.3 is 4.74 Å². The fraction of sp³-hybridized carbons (Fsp3) is 0.0588. The lowest BCUT2D eigenvalue weighted by atomic mass is 10.1. The Labute approximate surface area is 138 Å². The first-order valence-electron chi connectivity index (χ1n) is 6.88. The molecule has 114 valence electrons. The molecule has 3 rings (SSSR count). The van der Waals surface area contributed by atoms with Crippen LogP contribution in [0.15, 0.2) is 60.9 Å². The Bertz CT molecular complexity index is 825. The second kappa shape index (κ2) is 6.98. The fourth-order valence-electron chi connectivity index (χ4n) is 1.99. The monoisotopic (exact) mass is 325 g/mol. The molecule has 0 fully saturated rings. The van der Waals surface area contributed by atoms with E-state index >= 15 is 0 Å². The van der Waals surface area contributed by atoms with Gasteiger partial charge in [0.05, 0.1) is 5.69 Å². The molecule has 0 aliphatic heterocycles. The molecule has 0 saturated carbocycles. The predicted molar refractivity (Wildman–Crippen MR) is 85.8 cm³/mol. The third-order valence-electron chi connectivity index (χ3n) is 3.10. The highest BCUT2D eigenvalue weighted by Gasteiger charge is 2.11. The number of hydrogen-bond acceptors (Lipinski definition) is 5. The Morgan fingerprint density at radius 2 is 1.83 bits per heavy atom. The van der Waals surface area contributed by atoms with Gasteiger partial charge in [-0.05, 0) is 35.4 Å². The van der Waals surface area contributed by atoms with Crippen LogP contribution in [0.5, 0.6) is 0 Å². The van der Waals surface area contributed by atoms with Crippen molar-refractivity contribution in [3.05, 3.63) is 77.5 Å². The number of carbonyl (C=O) groups is 1. The van der Waals surface area contributed by atoms with Crippen LogP contribution in [0.25, 0.3) is 11.3 Å². The Kier molecular flexibility index (Phi) is 4.59. The second-order valence-electron chi connectivity index (χ2n) is 4.70. The van der Waals surface area contributed by atoms with Gasteiger partial charge in [0.15, 0.2) is 0 Å². The van der Waals surface area contributed by atoms with Crippen LogP contribution >= 0.6 is 11.6 Å². The zero-order valence-corrected chi connectivity index (χ0v) is 12.8. The van der Waals surface area contributed by atoms with Gasteiger partial charge in [0.2, 0.25) is 5.28 Å². The first-order valence-corrected chi connectivity index (χ1v) is 7.26. The van der Waals surface area contributed by atoms with Crippen LogP contribution in [-0.2, 0) is 11.3 Å². The maximum atomic E-state index is 12.1. The number of aromatic nitrogens is 3. The summed E-state index contributed by atoms with van der Waals surface area (Å²) in [5.41, 5.74) is 2.47. The molecule has 0 saturated heterocycles. The average molecular weight is 326 g/mol. The Morgan fingerprint density at radius 3 is 2.61 bits per heavy atom. The molecule has 3 aromatic rings. The molecule has 23 heavy (non-hydrogen) atoms. The van der Waals surface area contributed by atoms with Crippen molar-refractivity contribution in [2.24, 2.45) is 0 Å². The van der Waals surface area contributed by atoms with Gasteiger partial charge in [0.1, 0.15) is 12.3 Å². The highest BCUT2D eigenvalue weighted by atomic mass is 35.5. The summed E-state index contributed by atoms with van der Waals surface area (Å²) in [6.07, 6.45) is 3.09. The zero-order valence-electron chi connectivity index (χ0n) is 12.0. The van der Waals surface area contributed by atoms with E-state index in [1.165, 1.54) is 6.20 Å². The molecule has 0 bridgehead atoms. The van der Waals surface area contributed by atoms with Gasteiger partial charge in [0.25, 0.3) is 0 Å². The minimum absolute atomic E-state index is 0.146. The van der Waals surface area contributed by atoms with Crippen LogP contribution in [0.4, 0.5) is 0 Å². The van der Waals surface area contributed by atoms with E-state index in [0.29, 0.717) is 5.69 Å². The lowest BCUT2D eigenvalue weighted by molar-refractivity contribution is 0.0466. The molecule has 0 unspecified atom stereocenters. The topological polar surface area (TPSA) is 65.0 Å². The molecule has 0 N–H and O–H groups in total. The van der Waals surface area contributed by atoms with Crippen molar-refractivity contribution in [2.75, 3.05) is 0 Å². The fourth-order valence-corrected chi connectivity index (χ4v) is 2.14. The molecule has 0 radical (unpaired) electrons. The van der Waals surface area contributed by atoms with Crippen LogP contribution < -0.4 is 0 Å². The zero-order chi connectivity index (χ0) is 16.1. The first kappa shape index (κ1) is 15.1. The molecule has 0 spiro atoms. The summed E-state index contributed by atoms with van der Waals surface area (Å²) >= 11 is 5.79. The summed E-state index contributed by atoms with van der Waals surface area (Å²) in [5, 5.41) is 0.146. The van der Waals surface area contributed by atoms with Crippen molar-refractivity contribution in [3.8, 4) is 11.3 Å². The SMILES string of the molecule is O=C(OCc1ccccc1)c1cc(-c2ccnc(Cl)n2)ccn1. The molecule has 0 atom stereocenters. The van der Waals surface area contributed by atoms with E-state index in [4.69, 9.17) is 16.3 Å². The maximum absolute atomic E-state index is 12.1. The Hall–Kier alpha value is -2.79. The number of carbonyl (C=O) groups excluding carboxylic acids is 1. The Morgan fingerprint density at radius 1 is 1.04 bits per heavy atom. The van der Waals surface area contributed by atoms with Gasteiger partial charge in [-0.1, -0.05) is 30.3 Å². The van der Waals surface area contributed by atoms with Crippen molar-refractivity contribution in [2.45, 2.75) is 6.61 Å². The van der Waals surface area contributed by atoms with Gasteiger partial charge >= 0.3 is 5.97 Å². The van der Waals surface area contributed by atoms with Crippen LogP contribution in [0.2, 0.25) is 5.28 Å². The molecule has 2 heterocycles. The largest absolute Gasteiger partial charge is 0.456 e. The summed E-state index contributed by atoms with van der Waals surface area (Å²) in [7, 11) is 0. The summed E-state index contributed by atoms with van der Waals surface area (Å²) < 4.78 is 5.27. The van der Waals surface area contributed by atoms with Gasteiger partial charge in [-0.2, -0.15) is 0 Å². The minimum atomic E-state index is -0.490. The third-order valence-corrected chi connectivity index (χ3v) is 3.29. The van der Waals surface area contributed by atoms with Crippen molar-refractivity contribution in [1.82, 2.24) is 15.0 Å². The molecule has 1 aromatic carbocycles. The van der Waals surface area contributed by atoms with Gasteiger partial charge in [-0.15, -0.1) is 0 Å². The number of esters is 1. The van der Waals surface area contributed by atoms with Crippen LogP contribution in [0.1, 0.15) is 16.1 Å². The minimum Gasteiger partial charge on any atom is -0.456 e. The lowest BCUT2D eigenvalue weighted by Gasteiger charge is -2.06. The van der Waals surface area contributed by atoms with Crippen LogP contribution in [-0.4, -0.2) is 20.9 Å². The smallest absolute Gasteiger partial charge is 0.357 e. The van der Waals surface area contributed by atoms with E-state index in [9.17, 15) is 4.79 Å². The molecule has 5 nitrogen and oxygen atoms in total. The quantitative estimate of drug-likeness (QED) is 0.542. The van der Waals surface area contributed by atoms with Gasteiger partial charge in [-0.3, -0.25) is 0 Å². The summed E-state index contributed by atoms with van der Waals surface area (Å²) in [6.45, 7) is 0.199. The average Bonchev–Trinajstić information content (AvgIpc) is 2.61. The summed E-state index contributed by atoms with van der Waals surface area (Å²) in [4.78, 5) is 24.1. The number of benzene rings is 1. The van der Waals surface area contributed by atoms with E-state index in [-0.39, 0.29) is 17.6 Å². The number of nitrogens with zero attached hydrogens (tertiary/aromatic N) is 3. The molecular formula is C17H12ClN3O2. The first-order chi connectivity index (χ1) is 11.2. The molecular weight excluding hydrogens is 314 g/mol. The molecule has 2 aromatic heterocycles. The summed E-state index contributed by atoms with van der Waals surface area (Å²) in [6, 6.07) is 14.5. The molecule has 6 heteroatoms. The number of rotatable bonds is 4. The standard InChI is InChI=1S/C17H12ClN3O2/c18-17-20-9-7-14(21-17)13-6-8-19-15(10-13)16(22)23-11-12-4-2-1-3-5-12/h1-10H,11H2. The lowest BCUT2D eigenvalue weighted by Crippen LogP contribution is -2.07. The number of halogens is 1. The molecule has 0 aliphatic carbocycles. The van der Waals surface area contributed by atoms with E-state index in [0.717, 1.165) is 11.1 Å². The van der Waals surface area contributed by atoms with Crippen LogP contribution in [0, 0.1) is 0 Å².